The largest absolute Gasteiger partial charge is 0.356 e. The highest BCUT2D eigenvalue weighted by molar-refractivity contribution is 9.10. The smallest absolute Gasteiger partial charge is 0.246 e. The average Bonchev–Trinajstić information content (AvgIpc) is 2.61. The van der Waals surface area contributed by atoms with Gasteiger partial charge in [-0.2, -0.15) is 0 Å². The van der Waals surface area contributed by atoms with Crippen molar-refractivity contribution >= 4 is 33.8 Å². The van der Waals surface area contributed by atoms with Crippen LogP contribution in [0.15, 0.2) is 34.8 Å². The number of nitrogens with one attached hydrogen (secondary N) is 1. The highest BCUT2D eigenvalue weighted by atomic mass is 79.9. The lowest BCUT2D eigenvalue weighted by Gasteiger charge is -2.36. The van der Waals surface area contributed by atoms with Crippen molar-refractivity contribution in [2.45, 2.75) is 45.6 Å². The molecule has 2 amide bonds. The van der Waals surface area contributed by atoms with E-state index in [1.54, 1.807) is 6.08 Å². The van der Waals surface area contributed by atoms with E-state index in [0.29, 0.717) is 6.54 Å². The number of carbonyl (C=O) groups excluding carboxylic acids is 2. The molecule has 1 saturated heterocycles. The first-order chi connectivity index (χ1) is 12.0. The van der Waals surface area contributed by atoms with Crippen LogP contribution in [0.4, 0.5) is 0 Å². The van der Waals surface area contributed by atoms with Crippen LogP contribution in [-0.2, 0) is 9.59 Å². The van der Waals surface area contributed by atoms with Crippen LogP contribution >= 0.6 is 15.9 Å². The number of hydrogen-bond acceptors (Lipinski definition) is 2. The molecule has 0 aliphatic carbocycles. The van der Waals surface area contributed by atoms with Crippen molar-refractivity contribution in [3.8, 4) is 0 Å². The molecule has 4 nitrogen and oxygen atoms in total. The van der Waals surface area contributed by atoms with Crippen LogP contribution in [0.25, 0.3) is 6.08 Å². The first-order valence-corrected chi connectivity index (χ1v) is 9.83. The molecule has 0 aromatic heterocycles. The fraction of sp³-hybridized carbons (Fsp3) is 0.500. The second kappa shape index (κ2) is 9.76. The van der Waals surface area contributed by atoms with Crippen molar-refractivity contribution in [2.75, 3.05) is 13.1 Å². The van der Waals surface area contributed by atoms with Gasteiger partial charge in [-0.1, -0.05) is 47.5 Å². The van der Waals surface area contributed by atoms with Crippen LogP contribution in [0.5, 0.6) is 0 Å². The molecule has 1 aliphatic rings. The van der Waals surface area contributed by atoms with Crippen LogP contribution in [-0.4, -0.2) is 35.8 Å². The Morgan fingerprint density at radius 1 is 1.32 bits per heavy atom. The van der Waals surface area contributed by atoms with E-state index in [2.05, 4.69) is 35.1 Å². The molecule has 1 aromatic carbocycles. The average molecular weight is 407 g/mol. The van der Waals surface area contributed by atoms with Crippen LogP contribution < -0.4 is 5.32 Å². The Hall–Kier alpha value is -1.62. The van der Waals surface area contributed by atoms with Gasteiger partial charge in [0.25, 0.3) is 0 Å². The fourth-order valence-corrected chi connectivity index (χ4v) is 3.44. The number of piperidine rings is 1. The van der Waals surface area contributed by atoms with E-state index in [4.69, 9.17) is 0 Å². The van der Waals surface area contributed by atoms with Gasteiger partial charge in [-0.25, -0.2) is 0 Å². The van der Waals surface area contributed by atoms with Gasteiger partial charge in [0.2, 0.25) is 11.8 Å². The molecule has 0 radical (unpaired) electrons. The number of unbranched alkanes of at least 4 members (excludes halogenated alkanes) is 1. The van der Waals surface area contributed by atoms with Gasteiger partial charge in [-0.05, 0) is 43.9 Å². The summed E-state index contributed by atoms with van der Waals surface area (Å²) in [6, 6.07) is 7.95. The minimum absolute atomic E-state index is 0.0330. The zero-order chi connectivity index (χ0) is 18.2. The number of nitrogens with zero attached hydrogens (tertiary/aromatic N) is 1. The van der Waals surface area contributed by atoms with E-state index in [9.17, 15) is 9.59 Å². The molecule has 2 unspecified atom stereocenters. The lowest BCUT2D eigenvalue weighted by molar-refractivity contribution is -0.134. The first-order valence-electron chi connectivity index (χ1n) is 9.03. The third-order valence-electron chi connectivity index (χ3n) is 4.68. The molecule has 1 aromatic rings. The van der Waals surface area contributed by atoms with E-state index < -0.39 is 0 Å². The van der Waals surface area contributed by atoms with E-state index in [-0.39, 0.29) is 23.8 Å². The molecule has 1 fully saturated rings. The Morgan fingerprint density at radius 3 is 2.80 bits per heavy atom. The van der Waals surface area contributed by atoms with Crippen LogP contribution in [0.1, 0.15) is 45.1 Å². The van der Waals surface area contributed by atoms with Crippen LogP contribution in [0, 0.1) is 5.92 Å². The number of hydrogen-bond donors (Lipinski definition) is 1. The second-order valence-corrected chi connectivity index (χ2v) is 7.47. The summed E-state index contributed by atoms with van der Waals surface area (Å²) in [5.41, 5.74) is 0.967. The van der Waals surface area contributed by atoms with E-state index in [0.717, 1.165) is 42.3 Å². The maximum absolute atomic E-state index is 12.6. The molecule has 0 saturated carbocycles. The topological polar surface area (TPSA) is 49.4 Å². The van der Waals surface area contributed by atoms with Gasteiger partial charge in [0, 0.05) is 29.7 Å². The van der Waals surface area contributed by atoms with E-state index >= 15 is 0 Å². The maximum Gasteiger partial charge on any atom is 0.246 e. The van der Waals surface area contributed by atoms with Crippen molar-refractivity contribution in [3.63, 3.8) is 0 Å². The fourth-order valence-electron chi connectivity index (χ4n) is 3.03. The SMILES string of the molecule is CCCCNC(=O)C1CCC(C)N(C(=O)/C=C/c2ccccc2Br)C1. The molecule has 1 N–H and O–H groups in total. The molecule has 2 rings (SSSR count). The van der Waals surface area contributed by atoms with E-state index in [1.807, 2.05) is 35.2 Å². The molecule has 5 heteroatoms. The lowest BCUT2D eigenvalue weighted by atomic mass is 9.92. The number of carbonyl (C=O) groups is 2. The summed E-state index contributed by atoms with van der Waals surface area (Å²) in [4.78, 5) is 26.7. The summed E-state index contributed by atoms with van der Waals surface area (Å²) in [6.07, 6.45) is 7.19. The predicted molar refractivity (Wildman–Crippen MR) is 105 cm³/mol. The summed E-state index contributed by atoms with van der Waals surface area (Å²) < 4.78 is 0.957. The van der Waals surface area contributed by atoms with Crippen molar-refractivity contribution < 1.29 is 9.59 Å². The third kappa shape index (κ3) is 5.70. The van der Waals surface area contributed by atoms with Crippen molar-refractivity contribution in [1.82, 2.24) is 10.2 Å². The lowest BCUT2D eigenvalue weighted by Crippen LogP contribution is -2.49. The maximum atomic E-state index is 12.6. The van der Waals surface area contributed by atoms with Gasteiger partial charge in [0.1, 0.15) is 0 Å². The van der Waals surface area contributed by atoms with Gasteiger partial charge in [-0.3, -0.25) is 9.59 Å². The number of amides is 2. The number of rotatable bonds is 6. The minimum atomic E-state index is -0.103. The Morgan fingerprint density at radius 2 is 2.08 bits per heavy atom. The minimum Gasteiger partial charge on any atom is -0.356 e. The molecule has 0 bridgehead atoms. The highest BCUT2D eigenvalue weighted by Gasteiger charge is 2.31. The summed E-state index contributed by atoms with van der Waals surface area (Å²) in [5.74, 6) is -0.0592. The van der Waals surface area contributed by atoms with Crippen molar-refractivity contribution in [2.24, 2.45) is 5.92 Å². The quantitative estimate of drug-likeness (QED) is 0.572. The van der Waals surface area contributed by atoms with Crippen molar-refractivity contribution in [1.29, 1.82) is 0 Å². The molecule has 2 atom stereocenters. The molecule has 0 spiro atoms. The molecule has 1 aliphatic heterocycles. The van der Waals surface area contributed by atoms with Crippen molar-refractivity contribution in [3.05, 3.63) is 40.4 Å². The number of benzene rings is 1. The summed E-state index contributed by atoms with van der Waals surface area (Å²) in [7, 11) is 0. The summed E-state index contributed by atoms with van der Waals surface area (Å²) >= 11 is 3.48. The number of likely N-dealkylation sites (tertiary alicyclic amines) is 1. The highest BCUT2D eigenvalue weighted by Crippen LogP contribution is 2.23. The van der Waals surface area contributed by atoms with Crippen LogP contribution in [0.2, 0.25) is 0 Å². The normalized spacial score (nSPS) is 20.7. The third-order valence-corrected chi connectivity index (χ3v) is 5.40. The second-order valence-electron chi connectivity index (χ2n) is 6.61. The Kier molecular flexibility index (Phi) is 7.69. The van der Waals surface area contributed by atoms with Gasteiger partial charge < -0.3 is 10.2 Å². The zero-order valence-corrected chi connectivity index (χ0v) is 16.6. The molecule has 25 heavy (non-hydrogen) atoms. The Balaban J connectivity index is 1.97. The monoisotopic (exact) mass is 406 g/mol. The Bertz CT molecular complexity index is 630. The van der Waals surface area contributed by atoms with Crippen LogP contribution in [0.3, 0.4) is 0 Å². The molecular formula is C20H27BrN2O2. The standard InChI is InChI=1S/C20H27BrN2O2/c1-3-4-13-22-20(25)17-10-9-15(2)23(14-17)19(24)12-11-16-7-5-6-8-18(16)21/h5-8,11-12,15,17H,3-4,9-10,13-14H2,1-2H3,(H,22,25)/b12-11+. The number of halogens is 1. The Labute approximate surface area is 158 Å². The zero-order valence-electron chi connectivity index (χ0n) is 15.0. The van der Waals surface area contributed by atoms with Gasteiger partial charge in [0.05, 0.1) is 5.92 Å². The predicted octanol–water partition coefficient (Wildman–Crippen LogP) is 4.01. The van der Waals surface area contributed by atoms with E-state index in [1.165, 1.54) is 0 Å². The van der Waals surface area contributed by atoms with Gasteiger partial charge in [-0.15, -0.1) is 0 Å². The summed E-state index contributed by atoms with van der Waals surface area (Å²) in [6.45, 7) is 5.37. The first kappa shape index (κ1) is 19.7. The van der Waals surface area contributed by atoms with Gasteiger partial charge in [0.15, 0.2) is 0 Å². The molecule has 1 heterocycles. The molecule has 136 valence electrons. The summed E-state index contributed by atoms with van der Waals surface area (Å²) in [5, 5.41) is 2.99. The molecular weight excluding hydrogens is 380 g/mol. The van der Waals surface area contributed by atoms with Gasteiger partial charge >= 0.3 is 0 Å².